The number of amides is 1. The third-order valence-corrected chi connectivity index (χ3v) is 4.03. The summed E-state index contributed by atoms with van der Waals surface area (Å²) in [7, 11) is 1.89. The van der Waals surface area contributed by atoms with Crippen molar-refractivity contribution in [1.82, 2.24) is 10.2 Å². The van der Waals surface area contributed by atoms with Gasteiger partial charge in [0.05, 0.1) is 30.0 Å². The quantitative estimate of drug-likeness (QED) is 0.825. The average molecular weight is 377 g/mol. The smallest absolute Gasteiger partial charge is 0.238 e. The Morgan fingerprint density at radius 1 is 1.57 bits per heavy atom. The van der Waals surface area contributed by atoms with Crippen LogP contribution >= 0.6 is 27.5 Å². The van der Waals surface area contributed by atoms with Crippen LogP contribution in [0.4, 0.5) is 5.69 Å². The molecule has 1 amide bonds. The van der Waals surface area contributed by atoms with Crippen molar-refractivity contribution in [3.05, 3.63) is 27.7 Å². The van der Waals surface area contributed by atoms with Gasteiger partial charge in [-0.05, 0) is 25.2 Å². The predicted molar refractivity (Wildman–Crippen MR) is 87.9 cm³/mol. The van der Waals surface area contributed by atoms with Crippen molar-refractivity contribution in [3.63, 3.8) is 0 Å². The van der Waals surface area contributed by atoms with Crippen molar-refractivity contribution >= 4 is 39.1 Å². The van der Waals surface area contributed by atoms with E-state index in [-0.39, 0.29) is 12.0 Å². The summed E-state index contributed by atoms with van der Waals surface area (Å²) in [6.45, 7) is 3.30. The number of nitrogens with zero attached hydrogens (tertiary/aromatic N) is 1. The van der Waals surface area contributed by atoms with Gasteiger partial charge in [-0.1, -0.05) is 27.5 Å². The predicted octanol–water partition coefficient (Wildman–Crippen LogP) is 1.96. The van der Waals surface area contributed by atoms with E-state index >= 15 is 0 Å². The first-order valence-corrected chi connectivity index (χ1v) is 7.99. The lowest BCUT2D eigenvalue weighted by molar-refractivity contribution is -0.119. The second-order valence-corrected chi connectivity index (χ2v) is 6.28. The summed E-state index contributed by atoms with van der Waals surface area (Å²) in [6.07, 6.45) is 0.132. The number of ether oxygens (including phenoxy) is 1. The summed E-state index contributed by atoms with van der Waals surface area (Å²) < 4.78 is 6.50. The number of carbonyl (C=O) groups excluding carboxylic acids is 1. The fraction of sp³-hybridized carbons (Fsp3) is 0.500. The number of hydrogen-bond acceptors (Lipinski definition) is 4. The molecule has 0 bridgehead atoms. The van der Waals surface area contributed by atoms with E-state index in [4.69, 9.17) is 16.3 Å². The average Bonchev–Trinajstić information content (AvgIpc) is 2.43. The molecule has 1 aromatic carbocycles. The Kier molecular flexibility index (Phi) is 6.44. The molecule has 21 heavy (non-hydrogen) atoms. The standard InChI is InChI=1S/C14H19BrClN3O2/c1-17-7-11-8-19(4-5-21-11)9-14(20)18-13-3-2-10(15)6-12(13)16/h2-3,6,11,17H,4-5,7-9H2,1H3,(H,18,20). The number of benzene rings is 1. The number of anilines is 1. The van der Waals surface area contributed by atoms with Gasteiger partial charge in [0.25, 0.3) is 0 Å². The summed E-state index contributed by atoms with van der Waals surface area (Å²) in [5.74, 6) is -0.0654. The van der Waals surface area contributed by atoms with Gasteiger partial charge in [0, 0.05) is 24.1 Å². The largest absolute Gasteiger partial charge is 0.374 e. The van der Waals surface area contributed by atoms with E-state index in [9.17, 15) is 4.79 Å². The molecule has 2 N–H and O–H groups in total. The first-order chi connectivity index (χ1) is 10.1. The maximum absolute atomic E-state index is 12.1. The third-order valence-electron chi connectivity index (χ3n) is 3.23. The van der Waals surface area contributed by atoms with Crippen molar-refractivity contribution in [3.8, 4) is 0 Å². The summed E-state index contributed by atoms with van der Waals surface area (Å²) in [6, 6.07) is 5.39. The minimum absolute atomic E-state index is 0.0654. The lowest BCUT2D eigenvalue weighted by Crippen LogP contribution is -2.48. The van der Waals surface area contributed by atoms with Crippen LogP contribution in [0.15, 0.2) is 22.7 Å². The van der Waals surface area contributed by atoms with Crippen LogP contribution in [0, 0.1) is 0 Å². The van der Waals surface area contributed by atoms with Crippen molar-refractivity contribution in [2.24, 2.45) is 0 Å². The molecule has 1 aromatic rings. The zero-order chi connectivity index (χ0) is 15.2. The molecular weight excluding hydrogens is 358 g/mol. The molecule has 1 saturated heterocycles. The third kappa shape index (κ3) is 5.23. The van der Waals surface area contributed by atoms with Gasteiger partial charge in [-0.25, -0.2) is 0 Å². The lowest BCUT2D eigenvalue weighted by atomic mass is 10.2. The monoisotopic (exact) mass is 375 g/mol. The number of nitrogens with one attached hydrogen (secondary N) is 2. The fourth-order valence-electron chi connectivity index (χ4n) is 2.26. The van der Waals surface area contributed by atoms with Gasteiger partial charge in [0.2, 0.25) is 5.91 Å². The minimum Gasteiger partial charge on any atom is -0.374 e. The van der Waals surface area contributed by atoms with Crippen molar-refractivity contribution in [2.45, 2.75) is 6.10 Å². The van der Waals surface area contributed by atoms with Crippen LogP contribution in [0.3, 0.4) is 0 Å². The van der Waals surface area contributed by atoms with Crippen molar-refractivity contribution < 1.29 is 9.53 Å². The first-order valence-electron chi connectivity index (χ1n) is 6.82. The molecule has 1 fully saturated rings. The highest BCUT2D eigenvalue weighted by atomic mass is 79.9. The molecule has 0 spiro atoms. The molecular formula is C14H19BrClN3O2. The number of likely N-dealkylation sites (N-methyl/N-ethyl adjacent to an activating group) is 1. The number of rotatable bonds is 5. The summed E-state index contributed by atoms with van der Waals surface area (Å²) in [5, 5.41) is 6.45. The Morgan fingerprint density at radius 2 is 2.38 bits per heavy atom. The van der Waals surface area contributed by atoms with Gasteiger partial charge in [-0.3, -0.25) is 9.69 Å². The highest BCUT2D eigenvalue weighted by Gasteiger charge is 2.21. The summed E-state index contributed by atoms with van der Waals surface area (Å²) in [5.41, 5.74) is 0.630. The van der Waals surface area contributed by atoms with Crippen LogP contribution in [0.25, 0.3) is 0 Å². The van der Waals surface area contributed by atoms with E-state index in [0.717, 1.165) is 24.1 Å². The maximum Gasteiger partial charge on any atom is 0.238 e. The molecule has 0 radical (unpaired) electrons. The molecule has 1 aliphatic rings. The molecule has 1 heterocycles. The number of morpholine rings is 1. The number of carbonyl (C=O) groups is 1. The molecule has 0 aliphatic carbocycles. The lowest BCUT2D eigenvalue weighted by Gasteiger charge is -2.32. The van der Waals surface area contributed by atoms with Gasteiger partial charge in [-0.15, -0.1) is 0 Å². The van der Waals surface area contributed by atoms with Crippen LogP contribution in [0.2, 0.25) is 5.02 Å². The van der Waals surface area contributed by atoms with Gasteiger partial charge in [0.15, 0.2) is 0 Å². The number of halogens is 2. The van der Waals surface area contributed by atoms with Gasteiger partial charge >= 0.3 is 0 Å². The molecule has 0 saturated carbocycles. The second kappa shape index (κ2) is 8.10. The van der Waals surface area contributed by atoms with E-state index in [2.05, 4.69) is 31.5 Å². The normalized spacial score (nSPS) is 19.5. The molecule has 2 rings (SSSR count). The minimum atomic E-state index is -0.0654. The van der Waals surface area contributed by atoms with Crippen LogP contribution in [-0.2, 0) is 9.53 Å². The summed E-state index contributed by atoms with van der Waals surface area (Å²) in [4.78, 5) is 14.2. The Labute approximate surface area is 138 Å². The summed E-state index contributed by atoms with van der Waals surface area (Å²) >= 11 is 9.43. The van der Waals surface area contributed by atoms with E-state index < -0.39 is 0 Å². The number of hydrogen-bond donors (Lipinski definition) is 2. The van der Waals surface area contributed by atoms with Gasteiger partial charge in [0.1, 0.15) is 0 Å². The van der Waals surface area contributed by atoms with E-state index in [0.29, 0.717) is 23.9 Å². The Bertz CT molecular complexity index is 499. The molecule has 116 valence electrons. The molecule has 7 heteroatoms. The zero-order valence-electron chi connectivity index (χ0n) is 11.9. The van der Waals surface area contributed by atoms with E-state index in [1.165, 1.54) is 0 Å². The topological polar surface area (TPSA) is 53.6 Å². The Balaban J connectivity index is 1.86. The molecule has 1 atom stereocenters. The highest BCUT2D eigenvalue weighted by molar-refractivity contribution is 9.10. The van der Waals surface area contributed by atoms with Crippen LogP contribution in [-0.4, -0.2) is 56.7 Å². The van der Waals surface area contributed by atoms with Crippen LogP contribution in [0.1, 0.15) is 0 Å². The molecule has 1 aliphatic heterocycles. The Hall–Kier alpha value is -0.660. The van der Waals surface area contributed by atoms with Crippen LogP contribution < -0.4 is 10.6 Å². The highest BCUT2D eigenvalue weighted by Crippen LogP contribution is 2.25. The zero-order valence-corrected chi connectivity index (χ0v) is 14.2. The van der Waals surface area contributed by atoms with Crippen molar-refractivity contribution in [2.75, 3.05) is 45.2 Å². The van der Waals surface area contributed by atoms with E-state index in [1.807, 2.05) is 13.1 Å². The fourth-order valence-corrected chi connectivity index (χ4v) is 2.98. The SMILES string of the molecule is CNCC1CN(CC(=O)Nc2ccc(Br)cc2Cl)CCO1. The van der Waals surface area contributed by atoms with Crippen LogP contribution in [0.5, 0.6) is 0 Å². The molecule has 5 nitrogen and oxygen atoms in total. The Morgan fingerprint density at radius 3 is 3.10 bits per heavy atom. The molecule has 0 aromatic heterocycles. The van der Waals surface area contributed by atoms with Gasteiger partial charge in [-0.2, -0.15) is 0 Å². The molecule has 1 unspecified atom stereocenters. The van der Waals surface area contributed by atoms with Crippen molar-refractivity contribution in [1.29, 1.82) is 0 Å². The van der Waals surface area contributed by atoms with E-state index in [1.54, 1.807) is 12.1 Å². The maximum atomic E-state index is 12.1. The van der Waals surface area contributed by atoms with Gasteiger partial charge < -0.3 is 15.4 Å². The first kappa shape index (κ1) is 16.7. The second-order valence-electron chi connectivity index (χ2n) is 4.96.